The standard InChI is InChI=1S/C20H27N5O.2ClH/c1-14-8-9-15(19-24-23-18-7-3-2-4-11-25(18)19)12-17(14)22-20(26)16-6-5-10-21-13-16;;/h8-9,12,16,21H,2-7,10-11,13H2,1H3,(H,22,26);2*1H. The van der Waals surface area contributed by atoms with Crippen molar-refractivity contribution in [2.75, 3.05) is 18.4 Å². The van der Waals surface area contributed by atoms with Crippen LogP contribution in [0.25, 0.3) is 11.4 Å². The average molecular weight is 426 g/mol. The first kappa shape index (κ1) is 22.7. The summed E-state index contributed by atoms with van der Waals surface area (Å²) in [6, 6.07) is 6.18. The lowest BCUT2D eigenvalue weighted by atomic mass is 9.98. The van der Waals surface area contributed by atoms with Crippen molar-refractivity contribution in [1.29, 1.82) is 0 Å². The summed E-state index contributed by atoms with van der Waals surface area (Å²) in [5, 5.41) is 15.3. The van der Waals surface area contributed by atoms with Crippen LogP contribution in [0.5, 0.6) is 0 Å². The first-order valence-electron chi connectivity index (χ1n) is 9.77. The summed E-state index contributed by atoms with van der Waals surface area (Å²) in [5.74, 6) is 2.15. The van der Waals surface area contributed by atoms with Gasteiger partial charge in [0.25, 0.3) is 0 Å². The van der Waals surface area contributed by atoms with Crippen LogP contribution in [-0.4, -0.2) is 33.8 Å². The molecule has 0 aliphatic carbocycles. The van der Waals surface area contributed by atoms with Crippen LogP contribution in [0, 0.1) is 12.8 Å². The number of fused-ring (bicyclic) bond motifs is 1. The number of anilines is 1. The first-order valence-corrected chi connectivity index (χ1v) is 9.77. The van der Waals surface area contributed by atoms with Crippen LogP contribution < -0.4 is 10.6 Å². The number of aromatic nitrogens is 3. The molecule has 0 saturated carbocycles. The van der Waals surface area contributed by atoms with Crippen LogP contribution in [0.15, 0.2) is 18.2 Å². The Labute approximate surface area is 178 Å². The SMILES string of the molecule is Cc1ccc(-c2nnc3n2CCCCC3)cc1NC(=O)C1CCCNC1.Cl.Cl. The van der Waals surface area contributed by atoms with Gasteiger partial charge < -0.3 is 15.2 Å². The van der Waals surface area contributed by atoms with Crippen LogP contribution in [-0.2, 0) is 17.8 Å². The number of nitrogens with zero attached hydrogens (tertiary/aromatic N) is 3. The van der Waals surface area contributed by atoms with E-state index >= 15 is 0 Å². The number of nitrogens with one attached hydrogen (secondary N) is 2. The summed E-state index contributed by atoms with van der Waals surface area (Å²) < 4.78 is 2.24. The van der Waals surface area contributed by atoms with Crippen LogP contribution in [0.3, 0.4) is 0 Å². The number of halogens is 2. The van der Waals surface area contributed by atoms with Crippen molar-refractivity contribution in [2.24, 2.45) is 5.92 Å². The lowest BCUT2D eigenvalue weighted by Gasteiger charge is -2.22. The van der Waals surface area contributed by atoms with Crippen molar-refractivity contribution in [3.63, 3.8) is 0 Å². The first-order chi connectivity index (χ1) is 12.7. The predicted octanol–water partition coefficient (Wildman–Crippen LogP) is 3.76. The molecule has 2 aromatic rings. The Morgan fingerprint density at radius 2 is 2.04 bits per heavy atom. The van der Waals surface area contributed by atoms with Crippen LogP contribution in [0.2, 0.25) is 0 Å². The zero-order chi connectivity index (χ0) is 17.9. The highest BCUT2D eigenvalue weighted by Crippen LogP contribution is 2.27. The number of hydrogen-bond acceptors (Lipinski definition) is 4. The third kappa shape index (κ3) is 4.85. The van der Waals surface area contributed by atoms with E-state index in [-0.39, 0.29) is 36.6 Å². The number of carbonyl (C=O) groups excluding carboxylic acids is 1. The molecule has 6 nitrogen and oxygen atoms in total. The van der Waals surface area contributed by atoms with Gasteiger partial charge in [0.2, 0.25) is 5.91 Å². The molecule has 2 aliphatic heterocycles. The summed E-state index contributed by atoms with van der Waals surface area (Å²) in [7, 11) is 0. The van der Waals surface area contributed by atoms with E-state index in [1.165, 1.54) is 19.3 Å². The molecular formula is C20H29Cl2N5O. The fourth-order valence-electron chi connectivity index (χ4n) is 3.90. The Hall–Kier alpha value is -1.63. The molecule has 1 aromatic carbocycles. The molecule has 1 atom stereocenters. The van der Waals surface area contributed by atoms with Gasteiger partial charge in [0.05, 0.1) is 5.92 Å². The van der Waals surface area contributed by atoms with Gasteiger partial charge in [-0.3, -0.25) is 4.79 Å². The number of amides is 1. The highest BCUT2D eigenvalue weighted by atomic mass is 35.5. The Morgan fingerprint density at radius 3 is 2.82 bits per heavy atom. The topological polar surface area (TPSA) is 71.8 Å². The maximum atomic E-state index is 12.6. The molecule has 2 N–H and O–H groups in total. The molecule has 3 heterocycles. The van der Waals surface area contributed by atoms with Gasteiger partial charge in [0.15, 0.2) is 5.82 Å². The second kappa shape index (κ2) is 10.2. The van der Waals surface area contributed by atoms with Gasteiger partial charge in [-0.2, -0.15) is 0 Å². The Balaban J connectivity index is 0.00000140. The fraction of sp³-hybridized carbons (Fsp3) is 0.550. The lowest BCUT2D eigenvalue weighted by molar-refractivity contribution is -0.120. The van der Waals surface area contributed by atoms with E-state index < -0.39 is 0 Å². The van der Waals surface area contributed by atoms with Crippen LogP contribution >= 0.6 is 24.8 Å². The van der Waals surface area contributed by atoms with Crippen molar-refractivity contribution in [3.8, 4) is 11.4 Å². The highest BCUT2D eigenvalue weighted by molar-refractivity contribution is 5.94. The number of aryl methyl sites for hydroxylation is 2. The molecule has 1 fully saturated rings. The van der Waals surface area contributed by atoms with Gasteiger partial charge >= 0.3 is 0 Å². The molecule has 154 valence electrons. The fourth-order valence-corrected chi connectivity index (χ4v) is 3.90. The summed E-state index contributed by atoms with van der Waals surface area (Å²) in [5.41, 5.74) is 2.97. The van der Waals surface area contributed by atoms with Crippen molar-refractivity contribution in [2.45, 2.75) is 52.0 Å². The molecule has 0 spiro atoms. The minimum absolute atomic E-state index is 0. The van der Waals surface area contributed by atoms with Crippen molar-refractivity contribution in [1.82, 2.24) is 20.1 Å². The maximum Gasteiger partial charge on any atom is 0.228 e. The zero-order valence-corrected chi connectivity index (χ0v) is 17.9. The number of carbonyl (C=O) groups is 1. The average Bonchev–Trinajstić information content (AvgIpc) is 2.92. The molecule has 1 unspecified atom stereocenters. The van der Waals surface area contributed by atoms with Crippen molar-refractivity contribution in [3.05, 3.63) is 29.6 Å². The molecule has 1 saturated heterocycles. The molecule has 28 heavy (non-hydrogen) atoms. The Kier molecular flexibility index (Phi) is 8.28. The molecule has 1 aromatic heterocycles. The largest absolute Gasteiger partial charge is 0.326 e. The molecule has 4 rings (SSSR count). The number of benzene rings is 1. The van der Waals surface area contributed by atoms with Gasteiger partial charge in [0, 0.05) is 30.8 Å². The Bertz CT molecular complexity index is 802. The van der Waals surface area contributed by atoms with Gasteiger partial charge in [-0.05, 0) is 50.8 Å². The maximum absolute atomic E-state index is 12.6. The van der Waals surface area contributed by atoms with E-state index in [1.807, 2.05) is 13.0 Å². The minimum Gasteiger partial charge on any atom is -0.326 e. The molecule has 8 heteroatoms. The number of rotatable bonds is 3. The molecule has 0 radical (unpaired) electrons. The smallest absolute Gasteiger partial charge is 0.228 e. The van der Waals surface area contributed by atoms with E-state index in [9.17, 15) is 4.79 Å². The lowest BCUT2D eigenvalue weighted by Crippen LogP contribution is -2.37. The quantitative estimate of drug-likeness (QED) is 0.784. The van der Waals surface area contributed by atoms with E-state index in [0.29, 0.717) is 0 Å². The monoisotopic (exact) mass is 425 g/mol. The van der Waals surface area contributed by atoms with E-state index in [4.69, 9.17) is 0 Å². The van der Waals surface area contributed by atoms with E-state index in [1.54, 1.807) is 0 Å². The molecule has 0 bridgehead atoms. The highest BCUT2D eigenvalue weighted by Gasteiger charge is 2.22. The van der Waals surface area contributed by atoms with Crippen LogP contribution in [0.1, 0.15) is 43.5 Å². The zero-order valence-electron chi connectivity index (χ0n) is 16.2. The summed E-state index contributed by atoms with van der Waals surface area (Å²) in [6.07, 6.45) is 6.60. The van der Waals surface area contributed by atoms with Gasteiger partial charge in [-0.1, -0.05) is 18.6 Å². The summed E-state index contributed by atoms with van der Waals surface area (Å²) in [6.45, 7) is 4.78. The Morgan fingerprint density at radius 1 is 1.18 bits per heavy atom. The molecule has 2 aliphatic rings. The summed E-state index contributed by atoms with van der Waals surface area (Å²) >= 11 is 0. The number of piperidine rings is 1. The van der Waals surface area contributed by atoms with E-state index in [2.05, 4.69) is 37.5 Å². The van der Waals surface area contributed by atoms with Gasteiger partial charge in [-0.25, -0.2) is 0 Å². The van der Waals surface area contributed by atoms with E-state index in [0.717, 1.165) is 67.4 Å². The van der Waals surface area contributed by atoms with Crippen molar-refractivity contribution < 1.29 is 4.79 Å². The summed E-state index contributed by atoms with van der Waals surface area (Å²) in [4.78, 5) is 12.6. The predicted molar refractivity (Wildman–Crippen MR) is 116 cm³/mol. The normalized spacial score (nSPS) is 18.8. The minimum atomic E-state index is 0. The van der Waals surface area contributed by atoms with Crippen molar-refractivity contribution >= 4 is 36.4 Å². The van der Waals surface area contributed by atoms with Crippen LogP contribution in [0.4, 0.5) is 5.69 Å². The molecular weight excluding hydrogens is 397 g/mol. The van der Waals surface area contributed by atoms with Gasteiger partial charge in [0.1, 0.15) is 5.82 Å². The van der Waals surface area contributed by atoms with Gasteiger partial charge in [-0.15, -0.1) is 35.0 Å². The third-order valence-corrected chi connectivity index (χ3v) is 5.53. The molecule has 1 amide bonds. The second-order valence-corrected chi connectivity index (χ2v) is 7.46. The number of hydrogen-bond donors (Lipinski definition) is 2. The second-order valence-electron chi connectivity index (χ2n) is 7.46. The third-order valence-electron chi connectivity index (χ3n) is 5.53.